The monoisotopic (exact) mass is 456 g/mol. The van der Waals surface area contributed by atoms with Gasteiger partial charge in [0.2, 0.25) is 0 Å². The fraction of sp³-hybridized carbons (Fsp3) is 0.500. The van der Waals surface area contributed by atoms with Crippen LogP contribution in [0.25, 0.3) is 11.2 Å². The molecule has 2 aromatic rings. The molecular weight excluding hydrogens is 433 g/mol. The number of halogens is 4. The van der Waals surface area contributed by atoms with Crippen LogP contribution in [0.1, 0.15) is 33.0 Å². The van der Waals surface area contributed by atoms with Gasteiger partial charge in [0, 0.05) is 29.3 Å². The van der Waals surface area contributed by atoms with Gasteiger partial charge in [0.1, 0.15) is 5.82 Å². The van der Waals surface area contributed by atoms with Crippen molar-refractivity contribution in [1.82, 2.24) is 25.0 Å². The molecule has 6 nitrogen and oxygen atoms in total. The summed E-state index contributed by atoms with van der Waals surface area (Å²) in [5, 5.41) is 8.87. The van der Waals surface area contributed by atoms with E-state index in [4.69, 9.17) is 23.2 Å². The molecule has 0 aromatic carbocycles. The van der Waals surface area contributed by atoms with Crippen molar-refractivity contribution in [1.29, 1.82) is 0 Å². The lowest BCUT2D eigenvalue weighted by atomic mass is 9.96. The number of fused-ring (bicyclic) bond motifs is 1. The van der Waals surface area contributed by atoms with Crippen molar-refractivity contribution in [3.8, 4) is 0 Å². The molecule has 0 spiro atoms. The van der Waals surface area contributed by atoms with E-state index >= 15 is 0 Å². The first-order valence-corrected chi connectivity index (χ1v) is 10.4. The highest BCUT2D eigenvalue weighted by Gasteiger charge is 2.40. The van der Waals surface area contributed by atoms with E-state index in [2.05, 4.69) is 26.9 Å². The minimum absolute atomic E-state index is 0.205. The summed E-state index contributed by atoms with van der Waals surface area (Å²) in [6, 6.07) is 0. The van der Waals surface area contributed by atoms with Crippen molar-refractivity contribution in [2.45, 2.75) is 45.1 Å². The van der Waals surface area contributed by atoms with Gasteiger partial charge in [-0.15, -0.1) is 16.7 Å². The molecule has 3 rings (SSSR count). The predicted molar refractivity (Wildman–Crippen MR) is 117 cm³/mol. The van der Waals surface area contributed by atoms with Crippen LogP contribution in [0.3, 0.4) is 0 Å². The second-order valence-corrected chi connectivity index (χ2v) is 9.05. The van der Waals surface area contributed by atoms with Crippen LogP contribution in [-0.4, -0.2) is 49.9 Å². The molecule has 0 aliphatic carbocycles. The number of aromatic nitrogens is 5. The maximum atomic E-state index is 13.8. The Bertz CT molecular complexity index is 1010. The quantitative estimate of drug-likeness (QED) is 0.459. The van der Waals surface area contributed by atoms with E-state index in [0.717, 1.165) is 0 Å². The van der Waals surface area contributed by atoms with E-state index in [1.165, 1.54) is 0 Å². The molecule has 30 heavy (non-hydrogen) atoms. The lowest BCUT2D eigenvalue weighted by Crippen LogP contribution is -2.27. The van der Waals surface area contributed by atoms with Crippen LogP contribution in [0, 0.1) is 0 Å². The van der Waals surface area contributed by atoms with Crippen molar-refractivity contribution in [3.63, 3.8) is 0 Å². The molecule has 0 radical (unpaired) electrons. The number of hydrogen-bond acceptors (Lipinski definition) is 5. The summed E-state index contributed by atoms with van der Waals surface area (Å²) in [6.07, 6.45) is 4.90. The van der Waals surface area contributed by atoms with Crippen molar-refractivity contribution in [3.05, 3.63) is 41.2 Å². The molecule has 1 fully saturated rings. The highest BCUT2D eigenvalue weighted by molar-refractivity contribution is 6.31. The Labute approximate surface area is 184 Å². The van der Waals surface area contributed by atoms with Gasteiger partial charge in [0.15, 0.2) is 17.0 Å². The number of hydrogen-bond donors (Lipinski definition) is 0. The average Bonchev–Trinajstić information content (AvgIpc) is 3.22. The van der Waals surface area contributed by atoms with Gasteiger partial charge in [-0.1, -0.05) is 56.3 Å². The van der Waals surface area contributed by atoms with Gasteiger partial charge in [-0.05, 0) is 11.6 Å². The Hall–Kier alpha value is -2.06. The van der Waals surface area contributed by atoms with Gasteiger partial charge in [0.25, 0.3) is 5.92 Å². The Kier molecular flexibility index (Phi) is 6.48. The van der Waals surface area contributed by atoms with Crippen LogP contribution < -0.4 is 4.90 Å². The van der Waals surface area contributed by atoms with Gasteiger partial charge >= 0.3 is 0 Å². The summed E-state index contributed by atoms with van der Waals surface area (Å²) in [5.74, 6) is -1.50. The maximum Gasteiger partial charge on any atom is 0.266 e. The molecule has 1 aliphatic heterocycles. The number of anilines is 1. The zero-order valence-corrected chi connectivity index (χ0v) is 18.7. The average molecular weight is 457 g/mol. The van der Waals surface area contributed by atoms with E-state index in [9.17, 15) is 8.78 Å². The molecule has 1 aliphatic rings. The summed E-state index contributed by atoms with van der Waals surface area (Å²) < 4.78 is 29.2. The van der Waals surface area contributed by atoms with Gasteiger partial charge in [0.05, 0.1) is 13.1 Å². The van der Waals surface area contributed by atoms with Crippen LogP contribution >= 0.6 is 23.2 Å². The summed E-state index contributed by atoms with van der Waals surface area (Å²) >= 11 is 11.6. The highest BCUT2D eigenvalue weighted by atomic mass is 35.5. The third-order valence-electron chi connectivity index (χ3n) is 4.59. The van der Waals surface area contributed by atoms with Crippen LogP contribution in [-0.2, 0) is 12.0 Å². The van der Waals surface area contributed by atoms with E-state index in [1.54, 1.807) is 27.8 Å². The van der Waals surface area contributed by atoms with Crippen molar-refractivity contribution in [2.75, 3.05) is 23.9 Å². The molecule has 162 valence electrons. The third kappa shape index (κ3) is 5.16. The van der Waals surface area contributed by atoms with E-state index in [-0.39, 0.29) is 18.4 Å². The van der Waals surface area contributed by atoms with E-state index < -0.39 is 12.5 Å². The first-order valence-electron chi connectivity index (χ1n) is 9.52. The number of rotatable bonds is 6. The minimum Gasteiger partial charge on any atom is -0.348 e. The van der Waals surface area contributed by atoms with Crippen LogP contribution in [0.15, 0.2) is 35.4 Å². The highest BCUT2D eigenvalue weighted by Crippen LogP contribution is 2.34. The molecule has 0 atom stereocenters. The molecule has 0 bridgehead atoms. The third-order valence-corrected chi connectivity index (χ3v) is 5.02. The predicted octanol–water partition coefficient (Wildman–Crippen LogP) is 4.84. The zero-order valence-electron chi connectivity index (χ0n) is 17.2. The largest absolute Gasteiger partial charge is 0.348 e. The van der Waals surface area contributed by atoms with Gasteiger partial charge in [-0.25, -0.2) is 23.4 Å². The van der Waals surface area contributed by atoms with Crippen molar-refractivity contribution < 1.29 is 8.78 Å². The van der Waals surface area contributed by atoms with E-state index in [0.29, 0.717) is 45.8 Å². The molecule has 0 N–H and O–H groups in total. The standard InChI is InChI=1S/C20H24Cl2F2N6/c1-13(5-6-14(22)7-9-21)11-30-17-15(27-28-30)16(25-18(26-17)19(2,3)4)29-10-8-20(23,24)12-29/h5-7H,1,8-12H2,2-4H3/b6-5-,14-7+. The lowest BCUT2D eigenvalue weighted by molar-refractivity contribution is 0.0257. The molecule has 0 saturated carbocycles. The smallest absolute Gasteiger partial charge is 0.266 e. The Balaban J connectivity index is 1.99. The Morgan fingerprint density at radius 2 is 2.00 bits per heavy atom. The lowest BCUT2D eigenvalue weighted by Gasteiger charge is -2.22. The Morgan fingerprint density at radius 1 is 1.27 bits per heavy atom. The maximum absolute atomic E-state index is 13.8. The van der Waals surface area contributed by atoms with Gasteiger partial charge in [-0.3, -0.25) is 0 Å². The first kappa shape index (κ1) is 22.6. The van der Waals surface area contributed by atoms with Crippen LogP contribution in [0.4, 0.5) is 14.6 Å². The Morgan fingerprint density at radius 3 is 2.60 bits per heavy atom. The minimum atomic E-state index is -2.75. The first-order chi connectivity index (χ1) is 14.0. The van der Waals surface area contributed by atoms with Crippen molar-refractivity contribution in [2.24, 2.45) is 0 Å². The summed E-state index contributed by atoms with van der Waals surface area (Å²) in [5.41, 5.74) is 1.22. The zero-order chi connectivity index (χ0) is 22.1. The molecular formula is C20H24Cl2F2N6. The van der Waals surface area contributed by atoms with Crippen LogP contribution in [0.2, 0.25) is 0 Å². The molecule has 1 saturated heterocycles. The molecule has 0 unspecified atom stereocenters. The fourth-order valence-electron chi connectivity index (χ4n) is 3.01. The van der Waals surface area contributed by atoms with Crippen LogP contribution in [0.5, 0.6) is 0 Å². The molecule has 0 amide bonds. The van der Waals surface area contributed by atoms with Gasteiger partial charge < -0.3 is 4.90 Å². The normalized spacial score (nSPS) is 17.4. The second-order valence-electron chi connectivity index (χ2n) is 8.30. The molecule has 10 heteroatoms. The topological polar surface area (TPSA) is 59.7 Å². The number of alkyl halides is 3. The molecule has 2 aromatic heterocycles. The fourth-order valence-corrected chi connectivity index (χ4v) is 3.39. The van der Waals surface area contributed by atoms with Crippen molar-refractivity contribution >= 4 is 40.2 Å². The summed E-state index contributed by atoms with van der Waals surface area (Å²) in [6.45, 7) is 10.0. The molecule has 3 heterocycles. The number of nitrogens with zero attached hydrogens (tertiary/aromatic N) is 6. The SMILES string of the molecule is C=C(/C=C\C(Cl)=C/CCl)Cn1nnc2c(N3CCC(F)(F)C3)nc(C(C)(C)C)nc21. The number of allylic oxidation sites excluding steroid dienone is 5. The second kappa shape index (κ2) is 8.59. The summed E-state index contributed by atoms with van der Waals surface area (Å²) in [7, 11) is 0. The van der Waals surface area contributed by atoms with E-state index in [1.807, 2.05) is 20.8 Å². The summed E-state index contributed by atoms with van der Waals surface area (Å²) in [4.78, 5) is 10.8. The van der Waals surface area contributed by atoms with Gasteiger partial charge in [-0.2, -0.15) is 0 Å².